The molecule has 2 N–H and O–H groups in total. The topological polar surface area (TPSA) is 100 Å². The van der Waals surface area contributed by atoms with Crippen LogP contribution in [-0.4, -0.2) is 27.5 Å². The highest BCUT2D eigenvalue weighted by molar-refractivity contribution is 6.30. The molecule has 0 saturated heterocycles. The third-order valence-corrected chi connectivity index (χ3v) is 3.64. The molecule has 1 aromatic carbocycles. The van der Waals surface area contributed by atoms with E-state index in [-0.39, 0.29) is 41.2 Å². The van der Waals surface area contributed by atoms with Gasteiger partial charge in [0, 0.05) is 18.5 Å². The predicted octanol–water partition coefficient (Wildman–Crippen LogP) is 3.26. The van der Waals surface area contributed by atoms with Crippen molar-refractivity contribution in [3.8, 4) is 23.0 Å². The van der Waals surface area contributed by atoms with Crippen molar-refractivity contribution in [1.29, 1.82) is 0 Å². The fraction of sp³-hybridized carbons (Fsp3) is 0.111. The monoisotopic (exact) mass is 406 g/mol. The quantitative estimate of drug-likeness (QED) is 0.627. The number of carbonyl (C=O) groups excluding carboxylic acids is 1. The van der Waals surface area contributed by atoms with Crippen molar-refractivity contribution in [2.24, 2.45) is 5.73 Å². The summed E-state index contributed by atoms with van der Waals surface area (Å²) < 4.78 is 38.4. The largest absolute Gasteiger partial charge is 0.458 e. The Morgan fingerprint density at radius 2 is 1.96 bits per heavy atom. The van der Waals surface area contributed by atoms with Crippen LogP contribution >= 0.6 is 11.6 Å². The van der Waals surface area contributed by atoms with E-state index in [9.17, 15) is 13.6 Å². The highest BCUT2D eigenvalue weighted by atomic mass is 35.5. The number of pyridine rings is 1. The minimum Gasteiger partial charge on any atom is -0.458 e. The molecule has 144 valence electrons. The Bertz CT molecular complexity index is 1020. The summed E-state index contributed by atoms with van der Waals surface area (Å²) in [5, 5.41) is 0.112. The van der Waals surface area contributed by atoms with E-state index < -0.39 is 17.6 Å². The average molecular weight is 407 g/mol. The van der Waals surface area contributed by atoms with Gasteiger partial charge in [0.1, 0.15) is 18.2 Å². The van der Waals surface area contributed by atoms with Crippen molar-refractivity contribution in [3.63, 3.8) is 0 Å². The molecule has 0 amide bonds. The van der Waals surface area contributed by atoms with Crippen LogP contribution in [0.3, 0.4) is 0 Å². The lowest BCUT2D eigenvalue weighted by molar-refractivity contribution is -0.143. The van der Waals surface area contributed by atoms with Gasteiger partial charge in [-0.3, -0.25) is 4.79 Å². The van der Waals surface area contributed by atoms with Gasteiger partial charge in [0.05, 0.1) is 22.8 Å². The molecule has 28 heavy (non-hydrogen) atoms. The summed E-state index contributed by atoms with van der Waals surface area (Å²) in [5.41, 5.74) is 5.62. The van der Waals surface area contributed by atoms with E-state index in [1.165, 1.54) is 30.6 Å². The van der Waals surface area contributed by atoms with Gasteiger partial charge in [-0.05, 0) is 24.3 Å². The average Bonchev–Trinajstić information content (AvgIpc) is 2.68. The van der Waals surface area contributed by atoms with Gasteiger partial charge in [-0.25, -0.2) is 23.7 Å². The third-order valence-electron chi connectivity index (χ3n) is 3.43. The smallest absolute Gasteiger partial charge is 0.320 e. The van der Waals surface area contributed by atoms with Gasteiger partial charge in [0.2, 0.25) is 0 Å². The Kier molecular flexibility index (Phi) is 6.07. The van der Waals surface area contributed by atoms with Crippen molar-refractivity contribution in [2.75, 3.05) is 6.54 Å². The molecule has 2 heterocycles. The molecule has 0 aliphatic heterocycles. The van der Waals surface area contributed by atoms with E-state index in [1.54, 1.807) is 0 Å². The number of halogens is 3. The lowest BCUT2D eigenvalue weighted by Gasteiger charge is -2.09. The Hall–Kier alpha value is -3.17. The number of ether oxygens (including phenoxy) is 2. The maximum Gasteiger partial charge on any atom is 0.320 e. The van der Waals surface area contributed by atoms with Crippen LogP contribution in [0.5, 0.6) is 11.6 Å². The number of carbonyl (C=O) groups is 1. The summed E-state index contributed by atoms with van der Waals surface area (Å²) in [4.78, 5) is 23.0. The second-order valence-corrected chi connectivity index (χ2v) is 5.86. The van der Waals surface area contributed by atoms with Gasteiger partial charge in [0.15, 0.2) is 11.6 Å². The van der Waals surface area contributed by atoms with Crippen LogP contribution < -0.4 is 10.5 Å². The van der Waals surface area contributed by atoms with Crippen molar-refractivity contribution in [1.82, 2.24) is 15.0 Å². The second-order valence-electron chi connectivity index (χ2n) is 5.42. The third kappa shape index (κ3) is 4.76. The molecule has 0 spiro atoms. The molecule has 0 fully saturated rings. The first-order valence-electron chi connectivity index (χ1n) is 7.92. The lowest BCUT2D eigenvalue weighted by Crippen LogP contribution is -2.16. The van der Waals surface area contributed by atoms with E-state index in [0.717, 1.165) is 12.1 Å². The zero-order valence-corrected chi connectivity index (χ0v) is 15.0. The highest BCUT2D eigenvalue weighted by Gasteiger charge is 2.13. The molecule has 10 heteroatoms. The molecule has 0 saturated carbocycles. The van der Waals surface area contributed by atoms with Crippen molar-refractivity contribution in [3.05, 3.63) is 65.1 Å². The number of nitrogens with two attached hydrogens (primary N) is 1. The van der Waals surface area contributed by atoms with Crippen LogP contribution in [0.4, 0.5) is 8.78 Å². The first-order valence-corrected chi connectivity index (χ1v) is 8.30. The van der Waals surface area contributed by atoms with Crippen LogP contribution in [0.25, 0.3) is 11.4 Å². The number of esters is 1. The number of benzene rings is 1. The fourth-order valence-corrected chi connectivity index (χ4v) is 2.29. The summed E-state index contributed by atoms with van der Waals surface area (Å²) in [6.07, 6.45) is 2.62. The highest BCUT2D eigenvalue weighted by Crippen LogP contribution is 2.28. The van der Waals surface area contributed by atoms with Gasteiger partial charge in [-0.2, -0.15) is 0 Å². The molecule has 7 nitrogen and oxygen atoms in total. The van der Waals surface area contributed by atoms with Gasteiger partial charge >= 0.3 is 5.97 Å². The van der Waals surface area contributed by atoms with Gasteiger partial charge in [-0.15, -0.1) is 0 Å². The zero-order chi connectivity index (χ0) is 20.1. The molecule has 3 rings (SSSR count). The minimum atomic E-state index is -0.778. The predicted molar refractivity (Wildman–Crippen MR) is 95.6 cm³/mol. The van der Waals surface area contributed by atoms with E-state index in [0.29, 0.717) is 5.69 Å². The fourth-order valence-electron chi connectivity index (χ4n) is 2.15. The molecular weight excluding hydrogens is 394 g/mol. The summed E-state index contributed by atoms with van der Waals surface area (Å²) in [5.74, 6) is -2.28. The van der Waals surface area contributed by atoms with Crippen LogP contribution in [0.1, 0.15) is 5.69 Å². The molecule has 3 aromatic rings. The van der Waals surface area contributed by atoms with E-state index in [2.05, 4.69) is 15.0 Å². The first-order chi connectivity index (χ1) is 13.5. The maximum atomic E-state index is 14.5. The Morgan fingerprint density at radius 1 is 1.14 bits per heavy atom. The van der Waals surface area contributed by atoms with Gasteiger partial charge in [0.25, 0.3) is 5.88 Å². The molecule has 0 radical (unpaired) electrons. The number of nitrogens with zero attached hydrogens (tertiary/aromatic N) is 3. The Balaban J connectivity index is 1.79. The van der Waals surface area contributed by atoms with E-state index >= 15 is 0 Å². The van der Waals surface area contributed by atoms with Crippen molar-refractivity contribution >= 4 is 17.6 Å². The van der Waals surface area contributed by atoms with Crippen LogP contribution in [0.2, 0.25) is 5.02 Å². The maximum absolute atomic E-state index is 14.5. The van der Waals surface area contributed by atoms with Gasteiger partial charge < -0.3 is 15.2 Å². The standard InChI is InChI=1S/C18H13ClF2N4O3/c19-10-5-15(21)18(24-8-10)28-12-1-2-13(14(20)6-12)17-23-4-3-11(25-17)9-27-16(26)7-22/h1-6,8H,7,9,22H2. The van der Waals surface area contributed by atoms with Crippen molar-refractivity contribution in [2.45, 2.75) is 6.61 Å². The molecular formula is C18H13ClF2N4O3. The van der Waals surface area contributed by atoms with E-state index in [1.807, 2.05) is 0 Å². The van der Waals surface area contributed by atoms with Crippen LogP contribution in [0.15, 0.2) is 42.7 Å². The second kappa shape index (κ2) is 8.68. The molecule has 0 unspecified atom stereocenters. The SMILES string of the molecule is NCC(=O)OCc1ccnc(-c2ccc(Oc3ncc(Cl)cc3F)cc2F)n1. The number of hydrogen-bond acceptors (Lipinski definition) is 7. The summed E-state index contributed by atoms with van der Waals surface area (Å²) in [6, 6.07) is 6.40. The molecule has 0 aliphatic carbocycles. The van der Waals surface area contributed by atoms with Gasteiger partial charge in [-0.1, -0.05) is 11.6 Å². The van der Waals surface area contributed by atoms with Crippen molar-refractivity contribution < 1.29 is 23.0 Å². The van der Waals surface area contributed by atoms with Crippen LogP contribution in [-0.2, 0) is 16.1 Å². The number of hydrogen-bond donors (Lipinski definition) is 1. The number of rotatable bonds is 6. The molecule has 0 atom stereocenters. The summed E-state index contributed by atoms with van der Waals surface area (Å²) >= 11 is 5.63. The van der Waals surface area contributed by atoms with Crippen LogP contribution in [0, 0.1) is 11.6 Å². The molecule has 2 aromatic heterocycles. The Morgan fingerprint density at radius 3 is 2.68 bits per heavy atom. The zero-order valence-electron chi connectivity index (χ0n) is 14.2. The summed E-state index contributed by atoms with van der Waals surface area (Å²) in [7, 11) is 0. The Labute approximate surface area is 163 Å². The molecule has 0 aliphatic rings. The molecule has 0 bridgehead atoms. The van der Waals surface area contributed by atoms with E-state index in [4.69, 9.17) is 26.8 Å². The first kappa shape index (κ1) is 19.6. The normalized spacial score (nSPS) is 10.6. The minimum absolute atomic E-state index is 0.0306. The number of aromatic nitrogens is 3. The lowest BCUT2D eigenvalue weighted by atomic mass is 10.2. The summed E-state index contributed by atoms with van der Waals surface area (Å²) in [6.45, 7) is -0.368.